The van der Waals surface area contributed by atoms with Crippen molar-refractivity contribution in [3.05, 3.63) is 41.3 Å². The van der Waals surface area contributed by atoms with E-state index in [0.717, 1.165) is 62.7 Å². The van der Waals surface area contributed by atoms with Crippen LogP contribution in [0.15, 0.2) is 24.4 Å². The van der Waals surface area contributed by atoms with Crippen LogP contribution in [0.4, 0.5) is 11.8 Å². The number of hydrogen-bond donors (Lipinski definition) is 4. The highest BCUT2D eigenvalue weighted by molar-refractivity contribution is 5.95. The van der Waals surface area contributed by atoms with Crippen LogP contribution in [0.3, 0.4) is 0 Å². The van der Waals surface area contributed by atoms with Crippen LogP contribution in [-0.4, -0.2) is 67.0 Å². The van der Waals surface area contributed by atoms with Crippen molar-refractivity contribution in [2.45, 2.75) is 57.5 Å². The second-order valence-corrected chi connectivity index (χ2v) is 9.11. The molecule has 0 saturated carbocycles. The topological polar surface area (TPSA) is 136 Å². The van der Waals surface area contributed by atoms with Gasteiger partial charge in [0.25, 0.3) is 5.91 Å². The number of nitrogens with one attached hydrogen (secondary N) is 3. The van der Waals surface area contributed by atoms with Crippen LogP contribution in [0.25, 0.3) is 11.0 Å². The first kappa shape index (κ1) is 22.3. The summed E-state index contributed by atoms with van der Waals surface area (Å²) in [6.07, 6.45) is 7.65. The lowest BCUT2D eigenvalue weighted by molar-refractivity contribution is 0.0685. The van der Waals surface area contributed by atoms with E-state index in [2.05, 4.69) is 37.5 Å². The van der Waals surface area contributed by atoms with Crippen LogP contribution < -0.4 is 10.6 Å². The van der Waals surface area contributed by atoms with Crippen LogP contribution in [0.5, 0.6) is 0 Å². The summed E-state index contributed by atoms with van der Waals surface area (Å²) in [7, 11) is 0. The molecule has 10 nitrogen and oxygen atoms in total. The number of H-pyrrole nitrogens is 1. The molecule has 2 bridgehead atoms. The first-order valence-corrected chi connectivity index (χ1v) is 11.9. The number of likely N-dealkylation sites (tertiary alicyclic amines) is 1. The Hall–Kier alpha value is -3.53. The lowest BCUT2D eigenvalue weighted by Gasteiger charge is -2.32. The number of nitrogens with zero attached hydrogens (tertiary/aromatic N) is 4. The molecule has 2 saturated heterocycles. The maximum atomic E-state index is 12.9. The van der Waals surface area contributed by atoms with E-state index in [0.29, 0.717) is 35.1 Å². The summed E-state index contributed by atoms with van der Waals surface area (Å²) in [5.74, 6) is -0.184. The van der Waals surface area contributed by atoms with E-state index in [-0.39, 0.29) is 11.6 Å². The van der Waals surface area contributed by atoms with E-state index >= 15 is 0 Å². The molecule has 2 aliphatic rings. The number of aromatic nitrogens is 4. The molecule has 5 heterocycles. The molecule has 10 heteroatoms. The second kappa shape index (κ2) is 9.38. The fraction of sp³-hybridized carbons (Fsp3) is 0.458. The molecule has 34 heavy (non-hydrogen) atoms. The molecule has 0 spiro atoms. The fourth-order valence-electron chi connectivity index (χ4n) is 4.83. The van der Waals surface area contributed by atoms with Gasteiger partial charge in [0.1, 0.15) is 17.2 Å². The van der Waals surface area contributed by atoms with Gasteiger partial charge < -0.3 is 25.6 Å². The zero-order valence-corrected chi connectivity index (χ0v) is 19.2. The first-order valence-electron chi connectivity index (χ1n) is 11.9. The molecular formula is C24H29N7O3. The van der Waals surface area contributed by atoms with E-state index < -0.39 is 5.97 Å². The summed E-state index contributed by atoms with van der Waals surface area (Å²) in [5, 5.41) is 16.7. The minimum Gasteiger partial charge on any atom is -0.477 e. The standard InChI is InChI=1S/C24H29N7O3/c1-2-3-4-5-18-17-10-19(23(33)34)27-21(17)30-24(28-18)29-20-9-6-14(11-25-20)22(32)31-12-15-7-8-16(13-31)26-15/h6,9-11,15-16,26H,2-5,7-8,12-13H2,1H3,(H,33,34)(H2,25,27,28,29,30). The smallest absolute Gasteiger partial charge is 0.352 e. The summed E-state index contributed by atoms with van der Waals surface area (Å²) in [5.41, 5.74) is 1.91. The van der Waals surface area contributed by atoms with Gasteiger partial charge in [-0.2, -0.15) is 4.98 Å². The molecule has 0 aromatic carbocycles. The highest BCUT2D eigenvalue weighted by atomic mass is 16.4. The minimum atomic E-state index is -1.04. The number of aromatic amines is 1. The van der Waals surface area contributed by atoms with Gasteiger partial charge in [0.2, 0.25) is 5.95 Å². The number of anilines is 2. The molecule has 4 N–H and O–H groups in total. The molecule has 2 fully saturated rings. The number of carboxylic acid groups (broad SMARTS) is 1. The van der Waals surface area contributed by atoms with Crippen molar-refractivity contribution in [3.8, 4) is 0 Å². The predicted molar refractivity (Wildman–Crippen MR) is 127 cm³/mol. The molecule has 3 aromatic rings. The van der Waals surface area contributed by atoms with E-state index in [1.807, 2.05) is 4.90 Å². The van der Waals surface area contributed by atoms with E-state index in [1.165, 1.54) is 0 Å². The Labute approximate surface area is 197 Å². The zero-order valence-electron chi connectivity index (χ0n) is 19.2. The van der Waals surface area contributed by atoms with Gasteiger partial charge in [-0.05, 0) is 43.9 Å². The van der Waals surface area contributed by atoms with Gasteiger partial charge in [0.05, 0.1) is 11.3 Å². The van der Waals surface area contributed by atoms with Crippen molar-refractivity contribution in [2.24, 2.45) is 0 Å². The highest BCUT2D eigenvalue weighted by Gasteiger charge is 2.34. The normalized spacial score (nSPS) is 19.5. The van der Waals surface area contributed by atoms with Gasteiger partial charge in [-0.1, -0.05) is 19.8 Å². The number of aryl methyl sites for hydroxylation is 1. The molecule has 0 radical (unpaired) electrons. The number of fused-ring (bicyclic) bond motifs is 3. The Morgan fingerprint density at radius 2 is 1.97 bits per heavy atom. The monoisotopic (exact) mass is 463 g/mol. The maximum absolute atomic E-state index is 12.9. The first-order chi connectivity index (χ1) is 16.5. The molecule has 178 valence electrons. The number of pyridine rings is 1. The van der Waals surface area contributed by atoms with Gasteiger partial charge >= 0.3 is 5.97 Å². The highest BCUT2D eigenvalue weighted by Crippen LogP contribution is 2.24. The van der Waals surface area contributed by atoms with Crippen LogP contribution in [0, 0.1) is 0 Å². The van der Waals surface area contributed by atoms with Crippen LogP contribution in [0.1, 0.15) is 65.6 Å². The van der Waals surface area contributed by atoms with Gasteiger partial charge in [-0.25, -0.2) is 14.8 Å². The maximum Gasteiger partial charge on any atom is 0.352 e. The Kier molecular flexibility index (Phi) is 6.14. The number of unbranched alkanes of at least 4 members (excludes halogenated alkanes) is 2. The third-order valence-electron chi connectivity index (χ3n) is 6.57. The average molecular weight is 464 g/mol. The number of piperazine rings is 1. The lowest BCUT2D eigenvalue weighted by Crippen LogP contribution is -2.53. The number of carbonyl (C=O) groups excluding carboxylic acids is 1. The Balaban J connectivity index is 1.34. The Bertz CT molecular complexity index is 1200. The van der Waals surface area contributed by atoms with Gasteiger partial charge in [0.15, 0.2) is 0 Å². The molecule has 5 rings (SSSR count). The fourth-order valence-corrected chi connectivity index (χ4v) is 4.83. The predicted octanol–water partition coefficient (Wildman–Crippen LogP) is 3.10. The third-order valence-corrected chi connectivity index (χ3v) is 6.57. The molecular weight excluding hydrogens is 434 g/mol. The largest absolute Gasteiger partial charge is 0.477 e. The van der Waals surface area contributed by atoms with E-state index in [1.54, 1.807) is 24.4 Å². The SMILES string of the molecule is CCCCCc1nc(Nc2ccc(C(=O)N3CC4CCC(C3)N4)cn2)nc2[nH]c(C(=O)O)cc12. The molecule has 2 unspecified atom stereocenters. The van der Waals surface area contributed by atoms with Gasteiger partial charge in [-0.3, -0.25) is 4.79 Å². The van der Waals surface area contributed by atoms with Crippen molar-refractivity contribution >= 4 is 34.7 Å². The van der Waals surface area contributed by atoms with Crippen LogP contribution in [0.2, 0.25) is 0 Å². The van der Waals surface area contributed by atoms with Crippen molar-refractivity contribution < 1.29 is 14.7 Å². The molecule has 0 aliphatic carbocycles. The van der Waals surface area contributed by atoms with Crippen molar-refractivity contribution in [3.63, 3.8) is 0 Å². The van der Waals surface area contributed by atoms with Crippen LogP contribution >= 0.6 is 0 Å². The molecule has 3 aromatic heterocycles. The summed E-state index contributed by atoms with van der Waals surface area (Å²) in [4.78, 5) is 42.6. The molecule has 2 atom stereocenters. The van der Waals surface area contributed by atoms with Crippen molar-refractivity contribution in [1.82, 2.24) is 30.2 Å². The van der Waals surface area contributed by atoms with Gasteiger partial charge in [-0.15, -0.1) is 0 Å². The third kappa shape index (κ3) is 4.58. The summed E-state index contributed by atoms with van der Waals surface area (Å²) < 4.78 is 0. The lowest BCUT2D eigenvalue weighted by atomic mass is 10.1. The minimum absolute atomic E-state index is 0.000848. The van der Waals surface area contributed by atoms with Gasteiger partial charge in [0, 0.05) is 36.8 Å². The van der Waals surface area contributed by atoms with E-state index in [4.69, 9.17) is 0 Å². The van der Waals surface area contributed by atoms with Crippen LogP contribution in [-0.2, 0) is 6.42 Å². The van der Waals surface area contributed by atoms with Crippen molar-refractivity contribution in [2.75, 3.05) is 18.4 Å². The molecule has 1 amide bonds. The number of hydrogen-bond acceptors (Lipinski definition) is 7. The number of amides is 1. The molecule has 2 aliphatic heterocycles. The number of rotatable bonds is 8. The van der Waals surface area contributed by atoms with E-state index in [9.17, 15) is 14.7 Å². The second-order valence-electron chi connectivity index (χ2n) is 9.11. The number of aromatic carboxylic acids is 1. The number of carbonyl (C=O) groups is 2. The Morgan fingerprint density at radius 3 is 2.65 bits per heavy atom. The average Bonchev–Trinajstić information content (AvgIpc) is 3.42. The summed E-state index contributed by atoms with van der Waals surface area (Å²) >= 11 is 0. The van der Waals surface area contributed by atoms with Crippen molar-refractivity contribution in [1.29, 1.82) is 0 Å². The Morgan fingerprint density at radius 1 is 1.18 bits per heavy atom. The zero-order chi connectivity index (χ0) is 23.7. The number of carboxylic acids is 1. The quantitative estimate of drug-likeness (QED) is 0.374. The summed E-state index contributed by atoms with van der Waals surface area (Å²) in [6.45, 7) is 3.60. The summed E-state index contributed by atoms with van der Waals surface area (Å²) in [6, 6.07) is 5.88.